The molecule has 3 nitrogen and oxygen atoms in total. The van der Waals surface area contributed by atoms with Gasteiger partial charge in [-0.3, -0.25) is 0 Å². The molecule has 0 aliphatic rings. The van der Waals surface area contributed by atoms with Crippen molar-refractivity contribution in [1.82, 2.24) is 0 Å². The van der Waals surface area contributed by atoms with Crippen LogP contribution in [-0.4, -0.2) is 6.16 Å². The zero-order valence-electron chi connectivity index (χ0n) is 5.37. The Balaban J connectivity index is 0.000000810. The van der Waals surface area contributed by atoms with Gasteiger partial charge in [0.05, 0.1) is 0 Å². The van der Waals surface area contributed by atoms with Crippen LogP contribution in [0.4, 0.5) is 4.79 Å². The molecule has 1 heterocycles. The van der Waals surface area contributed by atoms with Crippen LogP contribution in [0.3, 0.4) is 0 Å². The maximum Gasteiger partial charge on any atom is 1.00 e. The predicted molar refractivity (Wildman–Crippen MR) is 30.3 cm³/mol. The maximum absolute atomic E-state index is 9.74. The molecule has 0 N–H and O–H groups in total. The van der Waals surface area contributed by atoms with E-state index in [4.69, 9.17) is 0 Å². The summed E-state index contributed by atoms with van der Waals surface area (Å²) in [5, 5.41) is 11.8. The normalized spacial score (nSPS) is 8.00. The minimum absolute atomic E-state index is 0. The smallest absolute Gasteiger partial charge is 0.504 e. The van der Waals surface area contributed by atoms with Crippen LogP contribution < -0.4 is 28.7 Å². The van der Waals surface area contributed by atoms with Crippen LogP contribution in [0.1, 0.15) is 0 Å². The van der Waals surface area contributed by atoms with E-state index in [2.05, 4.69) is 4.74 Å². The van der Waals surface area contributed by atoms with Crippen molar-refractivity contribution >= 4 is 17.5 Å². The maximum atomic E-state index is 9.74. The molecule has 0 spiro atoms. The number of hydrogen-bond donors (Lipinski definition) is 0. The third-order valence-electron chi connectivity index (χ3n) is 0.679. The first-order chi connectivity index (χ1) is 4.29. The molecule has 0 aliphatic heterocycles. The molecular formula is C5H3LiO3S. The average Bonchev–Trinajstić information content (AvgIpc) is 2.15. The van der Waals surface area contributed by atoms with E-state index in [1.54, 1.807) is 17.5 Å². The molecule has 48 valence electrons. The zero-order valence-corrected chi connectivity index (χ0v) is 6.18. The SMILES string of the molecule is O=C([O-])Oc1cccs1.[Li+]. The van der Waals surface area contributed by atoms with Crippen molar-refractivity contribution in [3.8, 4) is 5.06 Å². The molecule has 1 aromatic rings. The van der Waals surface area contributed by atoms with Crippen molar-refractivity contribution in [3.63, 3.8) is 0 Å². The van der Waals surface area contributed by atoms with Crippen LogP contribution in [0, 0.1) is 0 Å². The van der Waals surface area contributed by atoms with Gasteiger partial charge >= 0.3 is 18.9 Å². The predicted octanol–water partition coefficient (Wildman–Crippen LogP) is -2.53. The van der Waals surface area contributed by atoms with Crippen molar-refractivity contribution in [2.45, 2.75) is 0 Å². The number of thiophene rings is 1. The molecule has 0 radical (unpaired) electrons. The molecule has 0 saturated heterocycles. The molecule has 0 aliphatic carbocycles. The second-order valence-corrected chi connectivity index (χ2v) is 2.19. The molecule has 1 rings (SSSR count). The summed E-state index contributed by atoms with van der Waals surface area (Å²) in [7, 11) is 0. The molecule has 0 aromatic carbocycles. The second kappa shape index (κ2) is 4.39. The summed E-state index contributed by atoms with van der Waals surface area (Å²) in [5.41, 5.74) is 0. The Kier molecular flexibility index (Phi) is 4.20. The monoisotopic (exact) mass is 150 g/mol. The molecule has 10 heavy (non-hydrogen) atoms. The van der Waals surface area contributed by atoms with Gasteiger partial charge in [0.25, 0.3) is 6.16 Å². The Hall–Kier alpha value is -0.433. The number of ether oxygens (including phenoxy) is 1. The summed E-state index contributed by atoms with van der Waals surface area (Å²) >= 11 is 1.21. The number of carboxylic acid groups (broad SMARTS) is 1. The summed E-state index contributed by atoms with van der Waals surface area (Å²) in [4.78, 5) is 9.74. The van der Waals surface area contributed by atoms with Crippen LogP contribution in [0.25, 0.3) is 0 Å². The first kappa shape index (κ1) is 9.57. The van der Waals surface area contributed by atoms with Crippen LogP contribution in [0.5, 0.6) is 5.06 Å². The summed E-state index contributed by atoms with van der Waals surface area (Å²) < 4.78 is 4.18. The van der Waals surface area contributed by atoms with Gasteiger partial charge in [0.2, 0.25) is 0 Å². The largest absolute Gasteiger partial charge is 1.00 e. The summed E-state index contributed by atoms with van der Waals surface area (Å²) in [5.74, 6) is 0. The number of rotatable bonds is 1. The van der Waals surface area contributed by atoms with Crippen LogP contribution in [0.15, 0.2) is 17.5 Å². The topological polar surface area (TPSA) is 49.4 Å². The molecule has 0 saturated carbocycles. The zero-order chi connectivity index (χ0) is 6.69. The first-order valence-electron chi connectivity index (χ1n) is 2.21. The first-order valence-corrected chi connectivity index (χ1v) is 3.09. The number of carbonyl (C=O) groups excluding carboxylic acids is 1. The summed E-state index contributed by atoms with van der Waals surface area (Å²) in [6.07, 6.45) is -1.52. The van der Waals surface area contributed by atoms with Crippen molar-refractivity contribution in [2.75, 3.05) is 0 Å². The third-order valence-corrected chi connectivity index (χ3v) is 1.42. The van der Waals surface area contributed by atoms with E-state index >= 15 is 0 Å². The van der Waals surface area contributed by atoms with Crippen molar-refractivity contribution in [1.29, 1.82) is 0 Å². The van der Waals surface area contributed by atoms with Gasteiger partial charge in [-0.15, -0.1) is 11.3 Å². The van der Waals surface area contributed by atoms with Crippen molar-refractivity contribution in [3.05, 3.63) is 17.5 Å². The fourth-order valence-corrected chi connectivity index (χ4v) is 0.968. The molecular weight excluding hydrogens is 147 g/mol. The minimum Gasteiger partial charge on any atom is -0.504 e. The number of carbonyl (C=O) groups is 1. The van der Waals surface area contributed by atoms with Crippen molar-refractivity contribution < 1.29 is 33.5 Å². The van der Waals surface area contributed by atoms with Gasteiger partial charge in [-0.1, -0.05) is 0 Å². The van der Waals surface area contributed by atoms with E-state index in [1.807, 2.05) is 0 Å². The molecule has 5 heteroatoms. The van der Waals surface area contributed by atoms with Gasteiger partial charge in [0, 0.05) is 0 Å². The molecule has 1 aromatic heterocycles. The fraction of sp³-hybridized carbons (Fsp3) is 0. The number of hydrogen-bond acceptors (Lipinski definition) is 4. The third kappa shape index (κ3) is 2.92. The average molecular weight is 150 g/mol. The Labute approximate surface area is 73.8 Å². The van der Waals surface area contributed by atoms with E-state index in [0.717, 1.165) is 0 Å². The summed E-state index contributed by atoms with van der Waals surface area (Å²) in [6, 6.07) is 3.25. The van der Waals surface area contributed by atoms with E-state index in [1.165, 1.54) is 11.3 Å². The van der Waals surface area contributed by atoms with Crippen molar-refractivity contribution in [2.24, 2.45) is 0 Å². The summed E-state index contributed by atoms with van der Waals surface area (Å²) in [6.45, 7) is 0. The van der Waals surface area contributed by atoms with Gasteiger partial charge in [-0.05, 0) is 17.5 Å². The molecule has 0 atom stereocenters. The Morgan fingerprint density at radius 3 is 2.80 bits per heavy atom. The standard InChI is InChI=1S/C5H4O3S.Li/c6-5(7)8-4-2-1-3-9-4;/h1-3H,(H,6,7);/q;+1/p-1. The quantitative estimate of drug-likeness (QED) is 0.328. The van der Waals surface area contributed by atoms with Gasteiger partial charge in [-0.2, -0.15) is 0 Å². The van der Waals surface area contributed by atoms with Gasteiger partial charge in [0.15, 0.2) is 0 Å². The minimum atomic E-state index is -1.52. The Morgan fingerprint density at radius 1 is 1.70 bits per heavy atom. The molecule has 0 bridgehead atoms. The molecule has 0 unspecified atom stereocenters. The second-order valence-electron chi connectivity index (χ2n) is 1.28. The van der Waals surface area contributed by atoms with E-state index < -0.39 is 6.16 Å². The Morgan fingerprint density at radius 2 is 2.40 bits per heavy atom. The van der Waals surface area contributed by atoms with E-state index in [-0.39, 0.29) is 18.9 Å². The van der Waals surface area contributed by atoms with Gasteiger partial charge in [0.1, 0.15) is 5.06 Å². The molecule has 0 amide bonds. The molecule has 0 fully saturated rings. The fourth-order valence-electron chi connectivity index (χ4n) is 0.404. The van der Waals surface area contributed by atoms with Crippen LogP contribution in [-0.2, 0) is 0 Å². The Bertz CT molecular complexity index is 197. The van der Waals surface area contributed by atoms with Crippen LogP contribution >= 0.6 is 11.3 Å². The van der Waals surface area contributed by atoms with E-state index in [9.17, 15) is 9.90 Å². The van der Waals surface area contributed by atoms with Gasteiger partial charge < -0.3 is 14.6 Å². The van der Waals surface area contributed by atoms with Gasteiger partial charge in [-0.25, -0.2) is 0 Å². The van der Waals surface area contributed by atoms with Crippen LogP contribution in [0.2, 0.25) is 0 Å². The van der Waals surface area contributed by atoms with E-state index in [0.29, 0.717) is 5.06 Å².